The van der Waals surface area contributed by atoms with Crippen LogP contribution in [0.15, 0.2) is 0 Å². The molecule has 3 nitrogen and oxygen atoms in total. The second kappa shape index (κ2) is 3.72. The highest BCUT2D eigenvalue weighted by molar-refractivity contribution is 5.72. The van der Waals surface area contributed by atoms with E-state index in [1.807, 2.05) is 0 Å². The van der Waals surface area contributed by atoms with Gasteiger partial charge in [0.25, 0.3) is 0 Å². The predicted octanol–water partition coefficient (Wildman–Crippen LogP) is -0.0399. The van der Waals surface area contributed by atoms with Gasteiger partial charge in [-0.1, -0.05) is 0 Å². The molecule has 0 spiro atoms. The first-order valence-corrected chi connectivity index (χ1v) is 4.15. The monoisotopic (exact) mass is 158 g/mol. The molecule has 1 fully saturated rings. The zero-order valence-corrected chi connectivity index (χ0v) is 7.01. The van der Waals surface area contributed by atoms with Crippen molar-refractivity contribution < 1.29 is 15.3 Å². The van der Waals surface area contributed by atoms with Gasteiger partial charge in [0, 0.05) is 12.8 Å². The Labute approximate surface area is 66.9 Å². The number of esters is 1. The van der Waals surface area contributed by atoms with Gasteiger partial charge in [-0.2, -0.15) is 0 Å². The van der Waals surface area contributed by atoms with Crippen LogP contribution in [0.2, 0.25) is 0 Å². The van der Waals surface area contributed by atoms with Crippen LogP contribution in [-0.2, 0) is 9.53 Å². The van der Waals surface area contributed by atoms with Crippen molar-refractivity contribution in [2.24, 2.45) is 5.92 Å². The van der Waals surface area contributed by atoms with Crippen molar-refractivity contribution in [3.63, 3.8) is 0 Å². The lowest BCUT2D eigenvalue weighted by Crippen LogP contribution is -2.62. The fraction of sp³-hybridized carbons (Fsp3) is 0.875. The first kappa shape index (κ1) is 8.53. The zero-order valence-electron chi connectivity index (χ0n) is 7.01. The van der Waals surface area contributed by atoms with Crippen molar-refractivity contribution in [1.82, 2.24) is 0 Å². The van der Waals surface area contributed by atoms with Crippen LogP contribution in [0.25, 0.3) is 0 Å². The van der Waals surface area contributed by atoms with Gasteiger partial charge in [0.2, 0.25) is 0 Å². The summed E-state index contributed by atoms with van der Waals surface area (Å²) in [7, 11) is 1.46. The first-order valence-electron chi connectivity index (χ1n) is 4.15. The lowest BCUT2D eigenvalue weighted by molar-refractivity contribution is -0.426. The second-order valence-electron chi connectivity index (χ2n) is 3.24. The highest BCUT2D eigenvalue weighted by atomic mass is 16.5. The number of carbonyl (C=O) groups excluding carboxylic acids is 1. The standard InChI is InChI=1S/C8H15NO2/c1-11-8(10)6-2-4-7(9)5-3-6/h6-7H,2-5,9H2,1H3/p+1. The third-order valence-electron chi connectivity index (χ3n) is 2.38. The van der Waals surface area contributed by atoms with Crippen LogP contribution in [-0.4, -0.2) is 19.1 Å². The molecule has 3 N–H and O–H groups in total. The van der Waals surface area contributed by atoms with E-state index in [1.165, 1.54) is 7.11 Å². The summed E-state index contributed by atoms with van der Waals surface area (Å²) in [6, 6.07) is 0.552. The smallest absolute Gasteiger partial charge is 0.308 e. The largest absolute Gasteiger partial charge is 0.469 e. The maximum atomic E-state index is 11.0. The molecule has 1 rings (SSSR count). The van der Waals surface area contributed by atoms with Gasteiger partial charge in [0.1, 0.15) is 0 Å². The number of carbonyl (C=O) groups is 1. The van der Waals surface area contributed by atoms with Crippen LogP contribution in [0.4, 0.5) is 0 Å². The summed E-state index contributed by atoms with van der Waals surface area (Å²) in [4.78, 5) is 11.0. The Kier molecular flexibility index (Phi) is 2.88. The first-order chi connectivity index (χ1) is 5.24. The molecule has 0 aromatic rings. The van der Waals surface area contributed by atoms with Crippen molar-refractivity contribution in [3.05, 3.63) is 0 Å². The molecule has 1 aliphatic carbocycles. The number of ether oxygens (including phenoxy) is 1. The lowest BCUT2D eigenvalue weighted by Gasteiger charge is -2.21. The van der Waals surface area contributed by atoms with Gasteiger partial charge in [0.15, 0.2) is 0 Å². The van der Waals surface area contributed by atoms with Gasteiger partial charge in [0.05, 0.1) is 19.1 Å². The number of hydrogen-bond donors (Lipinski definition) is 1. The third-order valence-corrected chi connectivity index (χ3v) is 2.38. The molecule has 0 atom stereocenters. The fourth-order valence-electron chi connectivity index (χ4n) is 1.56. The molecule has 11 heavy (non-hydrogen) atoms. The number of quaternary nitrogens is 1. The molecule has 0 aliphatic heterocycles. The van der Waals surface area contributed by atoms with Crippen molar-refractivity contribution in [1.29, 1.82) is 0 Å². The van der Waals surface area contributed by atoms with Crippen molar-refractivity contribution >= 4 is 5.97 Å². The van der Waals surface area contributed by atoms with E-state index >= 15 is 0 Å². The second-order valence-corrected chi connectivity index (χ2v) is 3.24. The van der Waals surface area contributed by atoms with Gasteiger partial charge in [-0.15, -0.1) is 0 Å². The highest BCUT2D eigenvalue weighted by Gasteiger charge is 2.26. The van der Waals surface area contributed by atoms with Crippen LogP contribution in [0.5, 0.6) is 0 Å². The quantitative estimate of drug-likeness (QED) is 0.544. The van der Waals surface area contributed by atoms with Gasteiger partial charge in [-0.25, -0.2) is 0 Å². The molecule has 0 aromatic heterocycles. The molecule has 0 heterocycles. The molecular weight excluding hydrogens is 142 g/mol. The Morgan fingerprint density at radius 3 is 2.36 bits per heavy atom. The van der Waals surface area contributed by atoms with Crippen LogP contribution >= 0.6 is 0 Å². The maximum Gasteiger partial charge on any atom is 0.308 e. The molecule has 1 saturated carbocycles. The third kappa shape index (κ3) is 2.19. The zero-order chi connectivity index (χ0) is 8.27. The predicted molar refractivity (Wildman–Crippen MR) is 40.7 cm³/mol. The molecular formula is C8H16NO2+. The maximum absolute atomic E-state index is 11.0. The highest BCUT2D eigenvalue weighted by Crippen LogP contribution is 2.22. The summed E-state index contributed by atoms with van der Waals surface area (Å²) < 4.78 is 4.67. The van der Waals surface area contributed by atoms with Gasteiger partial charge >= 0.3 is 5.97 Å². The summed E-state index contributed by atoms with van der Waals surface area (Å²) in [5.74, 6) is 0.106. The summed E-state index contributed by atoms with van der Waals surface area (Å²) >= 11 is 0. The summed E-state index contributed by atoms with van der Waals surface area (Å²) in [6.45, 7) is 0. The van der Waals surface area contributed by atoms with E-state index in [4.69, 9.17) is 0 Å². The average Bonchev–Trinajstić information content (AvgIpc) is 2.05. The van der Waals surface area contributed by atoms with E-state index in [2.05, 4.69) is 10.5 Å². The van der Waals surface area contributed by atoms with E-state index in [0.717, 1.165) is 25.7 Å². The molecule has 1 aliphatic rings. The van der Waals surface area contributed by atoms with Crippen LogP contribution in [0.3, 0.4) is 0 Å². The van der Waals surface area contributed by atoms with E-state index < -0.39 is 0 Å². The number of rotatable bonds is 1. The summed E-state index contributed by atoms with van der Waals surface area (Å²) in [6.07, 6.45) is 4.06. The molecule has 0 amide bonds. The van der Waals surface area contributed by atoms with Crippen LogP contribution in [0, 0.1) is 5.92 Å². The Balaban J connectivity index is 2.33. The Hall–Kier alpha value is -0.570. The van der Waals surface area contributed by atoms with Crippen LogP contribution in [0.1, 0.15) is 25.7 Å². The van der Waals surface area contributed by atoms with Crippen LogP contribution < -0.4 is 5.73 Å². The minimum atomic E-state index is -0.0445. The van der Waals surface area contributed by atoms with E-state index in [0.29, 0.717) is 6.04 Å². The van der Waals surface area contributed by atoms with E-state index in [1.54, 1.807) is 0 Å². The topological polar surface area (TPSA) is 53.9 Å². The van der Waals surface area contributed by atoms with Crippen molar-refractivity contribution in [2.75, 3.05) is 7.11 Å². The Morgan fingerprint density at radius 2 is 1.91 bits per heavy atom. The van der Waals surface area contributed by atoms with E-state index in [-0.39, 0.29) is 11.9 Å². The van der Waals surface area contributed by atoms with Gasteiger partial charge in [-0.3, -0.25) is 4.79 Å². The molecule has 3 heteroatoms. The molecule has 0 aromatic carbocycles. The summed E-state index contributed by atoms with van der Waals surface area (Å²) in [5.41, 5.74) is 3.96. The Morgan fingerprint density at radius 1 is 1.36 bits per heavy atom. The van der Waals surface area contributed by atoms with E-state index in [9.17, 15) is 4.79 Å². The molecule has 0 radical (unpaired) electrons. The van der Waals surface area contributed by atoms with Crippen molar-refractivity contribution in [3.8, 4) is 0 Å². The Bertz CT molecular complexity index is 139. The van der Waals surface area contributed by atoms with Gasteiger partial charge in [-0.05, 0) is 12.8 Å². The van der Waals surface area contributed by atoms with Crippen molar-refractivity contribution in [2.45, 2.75) is 31.7 Å². The number of methoxy groups -OCH3 is 1. The summed E-state index contributed by atoms with van der Waals surface area (Å²) in [5, 5.41) is 0. The minimum Gasteiger partial charge on any atom is -0.469 e. The molecule has 0 saturated heterocycles. The lowest BCUT2D eigenvalue weighted by atomic mass is 9.87. The number of hydrogen-bond acceptors (Lipinski definition) is 2. The van der Waals surface area contributed by atoms with Gasteiger partial charge < -0.3 is 10.5 Å². The minimum absolute atomic E-state index is 0.0445. The normalized spacial score (nSPS) is 31.5. The molecule has 0 bridgehead atoms. The average molecular weight is 158 g/mol. The SMILES string of the molecule is COC(=O)C1CCC([NH3+])CC1. The fourth-order valence-corrected chi connectivity index (χ4v) is 1.56. The molecule has 64 valence electrons. The molecule has 0 unspecified atom stereocenters.